The summed E-state index contributed by atoms with van der Waals surface area (Å²) in [5, 5.41) is 6.21. The zero-order chi connectivity index (χ0) is 14.4. The first-order valence-corrected chi connectivity index (χ1v) is 7.37. The van der Waals surface area contributed by atoms with Crippen LogP contribution in [0.5, 0.6) is 0 Å². The lowest BCUT2D eigenvalue weighted by atomic mass is 9.84. The predicted molar refractivity (Wildman–Crippen MR) is 84.9 cm³/mol. The molecule has 118 valence electrons. The number of piperidine rings is 1. The quantitative estimate of drug-likeness (QED) is 0.877. The van der Waals surface area contributed by atoms with Gasteiger partial charge in [-0.2, -0.15) is 0 Å². The maximum atomic E-state index is 13.0. The minimum absolute atomic E-state index is 0. The van der Waals surface area contributed by atoms with Gasteiger partial charge in [-0.05, 0) is 55.5 Å². The molecule has 2 rings (SSSR count). The van der Waals surface area contributed by atoms with Crippen LogP contribution in [0.1, 0.15) is 31.7 Å². The highest BCUT2D eigenvalue weighted by Crippen LogP contribution is 2.24. The van der Waals surface area contributed by atoms with Crippen LogP contribution in [0.15, 0.2) is 24.3 Å². The van der Waals surface area contributed by atoms with E-state index >= 15 is 0 Å². The normalized spacial score (nSPS) is 16.9. The molecule has 0 radical (unpaired) electrons. The number of benzene rings is 1. The van der Waals surface area contributed by atoms with E-state index in [1.807, 2.05) is 6.07 Å². The van der Waals surface area contributed by atoms with E-state index in [2.05, 4.69) is 17.6 Å². The highest BCUT2D eigenvalue weighted by Gasteiger charge is 2.21. The Morgan fingerprint density at radius 2 is 2.14 bits per heavy atom. The molecule has 1 aliphatic heterocycles. The molecular formula is C16H24ClFN2O. The SMILES string of the molecule is CC(CC(=O)NCc1cccc(F)c1)C1CCNCC1.Cl. The van der Waals surface area contributed by atoms with Crippen LogP contribution < -0.4 is 10.6 Å². The third-order valence-corrected chi connectivity index (χ3v) is 4.07. The first-order chi connectivity index (χ1) is 9.65. The smallest absolute Gasteiger partial charge is 0.220 e. The van der Waals surface area contributed by atoms with Crippen LogP contribution in [0.4, 0.5) is 4.39 Å². The van der Waals surface area contributed by atoms with Crippen LogP contribution >= 0.6 is 12.4 Å². The number of amides is 1. The van der Waals surface area contributed by atoms with E-state index in [4.69, 9.17) is 0 Å². The highest BCUT2D eigenvalue weighted by atomic mass is 35.5. The van der Waals surface area contributed by atoms with Gasteiger partial charge in [0.2, 0.25) is 5.91 Å². The van der Waals surface area contributed by atoms with Crippen molar-refractivity contribution in [3.8, 4) is 0 Å². The highest BCUT2D eigenvalue weighted by molar-refractivity contribution is 5.85. The molecule has 1 aromatic carbocycles. The van der Waals surface area contributed by atoms with Crippen molar-refractivity contribution >= 4 is 18.3 Å². The van der Waals surface area contributed by atoms with Gasteiger partial charge in [-0.3, -0.25) is 4.79 Å². The van der Waals surface area contributed by atoms with Crippen molar-refractivity contribution in [2.75, 3.05) is 13.1 Å². The number of carbonyl (C=O) groups is 1. The molecule has 21 heavy (non-hydrogen) atoms. The molecule has 0 aliphatic carbocycles. The molecule has 1 saturated heterocycles. The molecule has 1 atom stereocenters. The second-order valence-corrected chi connectivity index (χ2v) is 5.68. The average Bonchev–Trinajstić information content (AvgIpc) is 2.46. The van der Waals surface area contributed by atoms with Gasteiger partial charge in [0.05, 0.1) is 0 Å². The number of nitrogens with one attached hydrogen (secondary N) is 2. The maximum absolute atomic E-state index is 13.0. The standard InChI is InChI=1S/C16H23FN2O.ClH/c1-12(14-5-7-18-8-6-14)9-16(20)19-11-13-3-2-4-15(17)10-13;/h2-4,10,12,14,18H,5-9,11H2,1H3,(H,19,20);1H. The molecule has 0 saturated carbocycles. The minimum atomic E-state index is -0.264. The molecular weight excluding hydrogens is 291 g/mol. The van der Waals surface area contributed by atoms with Crippen molar-refractivity contribution in [3.63, 3.8) is 0 Å². The fraction of sp³-hybridized carbons (Fsp3) is 0.562. The van der Waals surface area contributed by atoms with Crippen molar-refractivity contribution in [2.45, 2.75) is 32.7 Å². The van der Waals surface area contributed by atoms with E-state index in [0.29, 0.717) is 24.8 Å². The van der Waals surface area contributed by atoms with Gasteiger partial charge < -0.3 is 10.6 Å². The zero-order valence-electron chi connectivity index (χ0n) is 12.4. The maximum Gasteiger partial charge on any atom is 0.220 e. The number of hydrogen-bond donors (Lipinski definition) is 2. The van der Waals surface area contributed by atoms with Gasteiger partial charge in [0.15, 0.2) is 0 Å². The molecule has 0 bridgehead atoms. The van der Waals surface area contributed by atoms with Gasteiger partial charge in [0, 0.05) is 13.0 Å². The number of carbonyl (C=O) groups excluding carboxylic acids is 1. The van der Waals surface area contributed by atoms with Crippen molar-refractivity contribution < 1.29 is 9.18 Å². The number of hydrogen-bond acceptors (Lipinski definition) is 2. The summed E-state index contributed by atoms with van der Waals surface area (Å²) in [6.45, 7) is 4.66. The Morgan fingerprint density at radius 3 is 2.81 bits per heavy atom. The summed E-state index contributed by atoms with van der Waals surface area (Å²) >= 11 is 0. The fourth-order valence-electron chi connectivity index (χ4n) is 2.79. The summed E-state index contributed by atoms with van der Waals surface area (Å²) in [5.41, 5.74) is 0.799. The summed E-state index contributed by atoms with van der Waals surface area (Å²) in [6.07, 6.45) is 2.86. The van der Waals surface area contributed by atoms with Gasteiger partial charge >= 0.3 is 0 Å². The third kappa shape index (κ3) is 6.02. The van der Waals surface area contributed by atoms with E-state index in [0.717, 1.165) is 31.5 Å². The predicted octanol–water partition coefficient (Wildman–Crippen LogP) is 2.89. The van der Waals surface area contributed by atoms with Crippen LogP contribution in [-0.4, -0.2) is 19.0 Å². The molecule has 1 fully saturated rings. The van der Waals surface area contributed by atoms with Gasteiger partial charge in [-0.1, -0.05) is 19.1 Å². The first kappa shape index (κ1) is 17.9. The molecule has 5 heteroatoms. The van der Waals surface area contributed by atoms with E-state index in [-0.39, 0.29) is 24.1 Å². The Kier molecular flexibility index (Phi) is 7.68. The second kappa shape index (κ2) is 9.00. The second-order valence-electron chi connectivity index (χ2n) is 5.68. The van der Waals surface area contributed by atoms with Crippen molar-refractivity contribution in [2.24, 2.45) is 11.8 Å². The summed E-state index contributed by atoms with van der Waals surface area (Å²) in [7, 11) is 0. The van der Waals surface area contributed by atoms with Crippen LogP contribution in [0.2, 0.25) is 0 Å². The molecule has 0 spiro atoms. The third-order valence-electron chi connectivity index (χ3n) is 4.07. The molecule has 1 aromatic rings. The topological polar surface area (TPSA) is 41.1 Å². The van der Waals surface area contributed by atoms with Crippen LogP contribution in [0.3, 0.4) is 0 Å². The van der Waals surface area contributed by atoms with E-state index in [9.17, 15) is 9.18 Å². The molecule has 1 heterocycles. The average molecular weight is 315 g/mol. The Hall–Kier alpha value is -1.13. The van der Waals surface area contributed by atoms with Crippen molar-refractivity contribution in [1.29, 1.82) is 0 Å². The first-order valence-electron chi connectivity index (χ1n) is 7.37. The lowest BCUT2D eigenvalue weighted by Gasteiger charge is -2.27. The van der Waals surface area contributed by atoms with Crippen molar-refractivity contribution in [3.05, 3.63) is 35.6 Å². The zero-order valence-corrected chi connectivity index (χ0v) is 13.2. The number of halogens is 2. The van der Waals surface area contributed by atoms with E-state index < -0.39 is 0 Å². The van der Waals surface area contributed by atoms with Crippen LogP contribution in [-0.2, 0) is 11.3 Å². The Labute approximate surface area is 132 Å². The Morgan fingerprint density at radius 1 is 1.43 bits per heavy atom. The molecule has 0 aromatic heterocycles. The lowest BCUT2D eigenvalue weighted by Crippen LogP contribution is -2.33. The Bertz CT molecular complexity index is 450. The molecule has 1 unspecified atom stereocenters. The molecule has 3 nitrogen and oxygen atoms in total. The summed E-state index contributed by atoms with van der Waals surface area (Å²) < 4.78 is 13.0. The van der Waals surface area contributed by atoms with Crippen LogP contribution in [0, 0.1) is 17.7 Å². The largest absolute Gasteiger partial charge is 0.352 e. The molecule has 1 amide bonds. The van der Waals surface area contributed by atoms with Crippen molar-refractivity contribution in [1.82, 2.24) is 10.6 Å². The summed E-state index contributed by atoms with van der Waals surface area (Å²) in [4.78, 5) is 11.9. The summed E-state index contributed by atoms with van der Waals surface area (Å²) in [6, 6.07) is 6.34. The molecule has 2 N–H and O–H groups in total. The van der Waals surface area contributed by atoms with Gasteiger partial charge in [-0.25, -0.2) is 4.39 Å². The van der Waals surface area contributed by atoms with E-state index in [1.54, 1.807) is 6.07 Å². The lowest BCUT2D eigenvalue weighted by molar-refractivity contribution is -0.122. The minimum Gasteiger partial charge on any atom is -0.352 e. The van der Waals surface area contributed by atoms with E-state index in [1.165, 1.54) is 12.1 Å². The molecule has 1 aliphatic rings. The van der Waals surface area contributed by atoms with Gasteiger partial charge in [0.25, 0.3) is 0 Å². The monoisotopic (exact) mass is 314 g/mol. The van der Waals surface area contributed by atoms with Gasteiger partial charge in [-0.15, -0.1) is 12.4 Å². The summed E-state index contributed by atoms with van der Waals surface area (Å²) in [5.74, 6) is 0.834. The Balaban J connectivity index is 0.00000220. The fourth-order valence-corrected chi connectivity index (χ4v) is 2.79. The van der Waals surface area contributed by atoms with Crippen LogP contribution in [0.25, 0.3) is 0 Å². The number of rotatable bonds is 5. The van der Waals surface area contributed by atoms with Gasteiger partial charge in [0.1, 0.15) is 5.82 Å².